The summed E-state index contributed by atoms with van der Waals surface area (Å²) in [5.41, 5.74) is 1.31. The van der Waals surface area contributed by atoms with E-state index in [9.17, 15) is 0 Å². The smallest absolute Gasteiger partial charge is 0.0584 e. The highest BCUT2D eigenvalue weighted by Gasteiger charge is 2.16. The van der Waals surface area contributed by atoms with E-state index in [0.717, 1.165) is 24.9 Å². The summed E-state index contributed by atoms with van der Waals surface area (Å²) in [5, 5.41) is 3.49. The molecule has 0 aliphatic heterocycles. The molecular weight excluding hydrogens is 194 g/mol. The lowest BCUT2D eigenvalue weighted by Crippen LogP contribution is -2.41. The van der Waals surface area contributed by atoms with Crippen LogP contribution in [0.15, 0.2) is 30.3 Å². The van der Waals surface area contributed by atoms with Crippen LogP contribution in [0.25, 0.3) is 0 Å². The summed E-state index contributed by atoms with van der Waals surface area (Å²) in [6.07, 6.45) is 2.27. The Bertz CT molecular complexity index is 352. The first-order valence-electron chi connectivity index (χ1n) is 5.99. The molecule has 16 heavy (non-hydrogen) atoms. The fourth-order valence-corrected chi connectivity index (χ4v) is 1.43. The van der Waals surface area contributed by atoms with Crippen molar-refractivity contribution in [3.05, 3.63) is 35.9 Å². The normalized spacial score (nSPS) is 10.7. The predicted octanol–water partition coefficient (Wildman–Crippen LogP) is 3.21. The average molecular weight is 215 g/mol. The maximum Gasteiger partial charge on any atom is 0.0584 e. The molecule has 1 heteroatoms. The molecule has 0 fully saturated rings. The van der Waals surface area contributed by atoms with E-state index in [1.54, 1.807) is 0 Å². The summed E-state index contributed by atoms with van der Waals surface area (Å²) < 4.78 is 0. The van der Waals surface area contributed by atoms with Crippen molar-refractivity contribution < 1.29 is 0 Å². The molecule has 0 aliphatic carbocycles. The fourth-order valence-electron chi connectivity index (χ4n) is 1.43. The molecule has 0 aromatic heterocycles. The van der Waals surface area contributed by atoms with E-state index in [4.69, 9.17) is 0 Å². The Morgan fingerprint density at radius 2 is 1.75 bits per heavy atom. The zero-order valence-electron chi connectivity index (χ0n) is 10.5. The van der Waals surface area contributed by atoms with Crippen LogP contribution in [0.5, 0.6) is 0 Å². The van der Waals surface area contributed by atoms with Gasteiger partial charge in [-0.3, -0.25) is 0 Å². The maximum atomic E-state index is 3.49. The van der Waals surface area contributed by atoms with Gasteiger partial charge in [0, 0.05) is 11.1 Å². The number of rotatable bonds is 4. The molecular formula is C15H21N. The van der Waals surface area contributed by atoms with Gasteiger partial charge < -0.3 is 5.32 Å². The van der Waals surface area contributed by atoms with Crippen molar-refractivity contribution in [1.82, 2.24) is 5.32 Å². The molecule has 0 unspecified atom stereocenters. The van der Waals surface area contributed by atoms with Crippen molar-refractivity contribution in [2.75, 3.05) is 6.54 Å². The van der Waals surface area contributed by atoms with Gasteiger partial charge >= 0.3 is 0 Å². The Labute approximate surface area is 99.3 Å². The lowest BCUT2D eigenvalue weighted by molar-refractivity contribution is 0.348. The molecule has 1 rings (SSSR count). The third-order valence-corrected chi connectivity index (χ3v) is 3.17. The summed E-state index contributed by atoms with van der Waals surface area (Å²) in [4.78, 5) is 0. The van der Waals surface area contributed by atoms with Crippen molar-refractivity contribution >= 4 is 0 Å². The van der Waals surface area contributed by atoms with Gasteiger partial charge in [0.2, 0.25) is 0 Å². The van der Waals surface area contributed by atoms with E-state index in [-0.39, 0.29) is 5.54 Å². The van der Waals surface area contributed by atoms with Crippen LogP contribution in [0.1, 0.15) is 39.2 Å². The predicted molar refractivity (Wildman–Crippen MR) is 70.3 cm³/mol. The molecule has 0 bridgehead atoms. The van der Waals surface area contributed by atoms with Gasteiger partial charge in [0.25, 0.3) is 0 Å². The van der Waals surface area contributed by atoms with Gasteiger partial charge in [-0.2, -0.15) is 0 Å². The SMILES string of the molecule is CCC(C)(CC)NCC#Cc1ccccc1. The highest BCUT2D eigenvalue weighted by Crippen LogP contribution is 2.12. The van der Waals surface area contributed by atoms with Gasteiger partial charge in [-0.1, -0.05) is 43.9 Å². The highest BCUT2D eigenvalue weighted by molar-refractivity contribution is 5.33. The molecule has 1 aromatic carbocycles. The minimum atomic E-state index is 0.228. The second-order valence-corrected chi connectivity index (χ2v) is 4.29. The molecule has 1 aromatic rings. The third kappa shape index (κ3) is 4.08. The van der Waals surface area contributed by atoms with Crippen LogP contribution < -0.4 is 5.32 Å². The molecule has 0 saturated carbocycles. The summed E-state index contributed by atoms with van der Waals surface area (Å²) in [5.74, 6) is 6.32. The van der Waals surface area contributed by atoms with Crippen LogP contribution in [0.4, 0.5) is 0 Å². The lowest BCUT2D eigenvalue weighted by Gasteiger charge is -2.27. The fraction of sp³-hybridized carbons (Fsp3) is 0.467. The Morgan fingerprint density at radius 3 is 2.31 bits per heavy atom. The van der Waals surface area contributed by atoms with Crippen LogP contribution >= 0.6 is 0 Å². The van der Waals surface area contributed by atoms with Gasteiger partial charge in [0.1, 0.15) is 0 Å². The van der Waals surface area contributed by atoms with Crippen molar-refractivity contribution in [3.63, 3.8) is 0 Å². The summed E-state index contributed by atoms with van der Waals surface area (Å²) in [7, 11) is 0. The van der Waals surface area contributed by atoms with Crippen LogP contribution in [0.3, 0.4) is 0 Å². The van der Waals surface area contributed by atoms with Gasteiger partial charge in [-0.25, -0.2) is 0 Å². The zero-order chi connectivity index (χ0) is 11.9. The Hall–Kier alpha value is -1.26. The van der Waals surface area contributed by atoms with Crippen LogP contribution in [-0.2, 0) is 0 Å². The molecule has 0 heterocycles. The van der Waals surface area contributed by atoms with E-state index in [1.165, 1.54) is 0 Å². The third-order valence-electron chi connectivity index (χ3n) is 3.17. The summed E-state index contributed by atoms with van der Waals surface area (Å²) in [6.45, 7) is 7.42. The molecule has 0 radical (unpaired) electrons. The maximum absolute atomic E-state index is 3.49. The Balaban J connectivity index is 2.44. The second kappa shape index (κ2) is 6.35. The molecule has 86 valence electrons. The standard InChI is InChI=1S/C15H21N/c1-4-15(3,5-2)16-13-9-12-14-10-7-6-8-11-14/h6-8,10-11,16H,4-5,13H2,1-3H3. The van der Waals surface area contributed by atoms with Gasteiger partial charge in [-0.15, -0.1) is 0 Å². The molecule has 0 amide bonds. The molecule has 1 nitrogen and oxygen atoms in total. The molecule has 0 atom stereocenters. The van der Waals surface area contributed by atoms with Crippen LogP contribution in [-0.4, -0.2) is 12.1 Å². The second-order valence-electron chi connectivity index (χ2n) is 4.29. The highest BCUT2D eigenvalue weighted by atomic mass is 14.9. The summed E-state index contributed by atoms with van der Waals surface area (Å²) in [6, 6.07) is 10.1. The minimum Gasteiger partial charge on any atom is -0.301 e. The Kier molecular flexibility index (Phi) is 5.08. The minimum absolute atomic E-state index is 0.228. The van der Waals surface area contributed by atoms with E-state index in [0.29, 0.717) is 0 Å². The molecule has 0 aliphatic rings. The number of hydrogen-bond acceptors (Lipinski definition) is 1. The van der Waals surface area contributed by atoms with E-state index >= 15 is 0 Å². The lowest BCUT2D eigenvalue weighted by atomic mass is 9.96. The van der Waals surface area contributed by atoms with Crippen molar-refractivity contribution in [2.45, 2.75) is 39.2 Å². The molecule has 1 N–H and O–H groups in total. The van der Waals surface area contributed by atoms with E-state index in [1.807, 2.05) is 30.3 Å². The Morgan fingerprint density at radius 1 is 1.12 bits per heavy atom. The van der Waals surface area contributed by atoms with Crippen molar-refractivity contribution in [3.8, 4) is 11.8 Å². The van der Waals surface area contributed by atoms with Gasteiger partial charge in [0.15, 0.2) is 0 Å². The first-order valence-corrected chi connectivity index (χ1v) is 5.99. The number of nitrogens with one attached hydrogen (secondary N) is 1. The van der Waals surface area contributed by atoms with Crippen molar-refractivity contribution in [1.29, 1.82) is 0 Å². The van der Waals surface area contributed by atoms with E-state index in [2.05, 4.69) is 37.9 Å². The molecule has 0 spiro atoms. The largest absolute Gasteiger partial charge is 0.301 e. The van der Waals surface area contributed by atoms with Crippen LogP contribution in [0, 0.1) is 11.8 Å². The number of benzene rings is 1. The molecule has 0 saturated heterocycles. The van der Waals surface area contributed by atoms with Gasteiger partial charge in [-0.05, 0) is 31.9 Å². The summed E-state index contributed by atoms with van der Waals surface area (Å²) >= 11 is 0. The first kappa shape index (κ1) is 12.8. The first-order chi connectivity index (χ1) is 7.70. The zero-order valence-corrected chi connectivity index (χ0v) is 10.5. The number of hydrogen-bond donors (Lipinski definition) is 1. The monoisotopic (exact) mass is 215 g/mol. The van der Waals surface area contributed by atoms with Crippen LogP contribution in [0.2, 0.25) is 0 Å². The average Bonchev–Trinajstić information content (AvgIpc) is 2.36. The van der Waals surface area contributed by atoms with E-state index < -0.39 is 0 Å². The quantitative estimate of drug-likeness (QED) is 0.760. The topological polar surface area (TPSA) is 12.0 Å². The van der Waals surface area contributed by atoms with Gasteiger partial charge in [0.05, 0.1) is 6.54 Å². The van der Waals surface area contributed by atoms with Crippen molar-refractivity contribution in [2.24, 2.45) is 0 Å².